The van der Waals surface area contributed by atoms with Crippen LogP contribution in [0.1, 0.15) is 6.42 Å². The van der Waals surface area contributed by atoms with E-state index in [1.54, 1.807) is 6.07 Å². The van der Waals surface area contributed by atoms with Crippen molar-refractivity contribution in [2.45, 2.75) is 12.5 Å². The minimum atomic E-state index is -0.408. The molecule has 1 unspecified atom stereocenters. The van der Waals surface area contributed by atoms with Crippen LogP contribution in [0.4, 0.5) is 5.69 Å². The molecular formula is C11H13N3O2. The molecule has 1 atom stereocenters. The van der Waals surface area contributed by atoms with Crippen LogP contribution in [0, 0.1) is 0 Å². The Bertz CT molecular complexity index is 552. The molecule has 0 bridgehead atoms. The van der Waals surface area contributed by atoms with E-state index in [-0.39, 0.29) is 0 Å². The van der Waals surface area contributed by atoms with Crippen molar-refractivity contribution < 1.29 is 4.42 Å². The van der Waals surface area contributed by atoms with Crippen LogP contribution in [0.5, 0.6) is 0 Å². The van der Waals surface area contributed by atoms with Gasteiger partial charge in [-0.2, -0.15) is 0 Å². The lowest BCUT2D eigenvalue weighted by Crippen LogP contribution is -2.21. The van der Waals surface area contributed by atoms with Gasteiger partial charge in [0, 0.05) is 18.3 Å². The molecule has 3 rings (SSSR count). The van der Waals surface area contributed by atoms with E-state index < -0.39 is 5.76 Å². The molecular weight excluding hydrogens is 206 g/mol. The van der Waals surface area contributed by atoms with E-state index in [0.29, 0.717) is 11.6 Å². The second-order valence-corrected chi connectivity index (χ2v) is 4.06. The maximum atomic E-state index is 11.0. The molecule has 1 aromatic carbocycles. The van der Waals surface area contributed by atoms with Gasteiger partial charge in [-0.25, -0.2) is 4.79 Å². The third-order valence-electron chi connectivity index (χ3n) is 2.85. The minimum Gasteiger partial charge on any atom is -0.408 e. The lowest BCUT2D eigenvalue weighted by atomic mass is 10.2. The maximum Gasteiger partial charge on any atom is 0.417 e. The quantitative estimate of drug-likeness (QED) is 0.701. The first kappa shape index (κ1) is 9.47. The summed E-state index contributed by atoms with van der Waals surface area (Å²) in [7, 11) is 0. The fourth-order valence-corrected chi connectivity index (χ4v) is 2.06. The summed E-state index contributed by atoms with van der Waals surface area (Å²) < 4.78 is 4.94. The summed E-state index contributed by atoms with van der Waals surface area (Å²) >= 11 is 0. The van der Waals surface area contributed by atoms with E-state index in [9.17, 15) is 4.79 Å². The fraction of sp³-hybridized carbons (Fsp3) is 0.364. The standard InChI is InChI=1S/C11H13N3O2/c15-11-14-9-5-7(1-2-10(9)16-11)13-8-3-4-12-6-8/h1-2,5,8,12-13H,3-4,6H2,(H,14,15). The lowest BCUT2D eigenvalue weighted by molar-refractivity contribution is 0.555. The number of anilines is 1. The molecule has 0 spiro atoms. The van der Waals surface area contributed by atoms with Gasteiger partial charge in [0.1, 0.15) is 0 Å². The van der Waals surface area contributed by atoms with Crippen LogP contribution in [-0.2, 0) is 0 Å². The first-order chi connectivity index (χ1) is 7.81. The Hall–Kier alpha value is -1.75. The Balaban J connectivity index is 1.89. The van der Waals surface area contributed by atoms with Crippen LogP contribution in [0.2, 0.25) is 0 Å². The summed E-state index contributed by atoms with van der Waals surface area (Å²) in [6, 6.07) is 6.10. The van der Waals surface area contributed by atoms with E-state index in [1.165, 1.54) is 0 Å². The van der Waals surface area contributed by atoms with Crippen LogP contribution < -0.4 is 16.4 Å². The van der Waals surface area contributed by atoms with E-state index in [2.05, 4.69) is 15.6 Å². The predicted molar refractivity (Wildman–Crippen MR) is 61.7 cm³/mol. The third kappa shape index (κ3) is 1.69. The number of aromatic amines is 1. The Morgan fingerprint density at radius 1 is 1.44 bits per heavy atom. The number of rotatable bonds is 2. The smallest absolute Gasteiger partial charge is 0.408 e. The van der Waals surface area contributed by atoms with Crippen LogP contribution in [0.25, 0.3) is 11.1 Å². The highest BCUT2D eigenvalue weighted by Crippen LogP contribution is 2.17. The summed E-state index contributed by atoms with van der Waals surface area (Å²) in [5.41, 5.74) is 2.35. The first-order valence-electron chi connectivity index (χ1n) is 5.41. The Morgan fingerprint density at radius 2 is 2.38 bits per heavy atom. The molecule has 0 aliphatic carbocycles. The van der Waals surface area contributed by atoms with Crippen molar-refractivity contribution in [2.24, 2.45) is 0 Å². The number of fused-ring (bicyclic) bond motifs is 1. The third-order valence-corrected chi connectivity index (χ3v) is 2.85. The molecule has 1 fully saturated rings. The number of aromatic nitrogens is 1. The zero-order valence-corrected chi connectivity index (χ0v) is 8.75. The van der Waals surface area contributed by atoms with Gasteiger partial charge in [0.2, 0.25) is 0 Å². The van der Waals surface area contributed by atoms with Crippen molar-refractivity contribution in [3.63, 3.8) is 0 Å². The monoisotopic (exact) mass is 219 g/mol. The van der Waals surface area contributed by atoms with Crippen LogP contribution in [0.15, 0.2) is 27.4 Å². The molecule has 1 aliphatic heterocycles. The van der Waals surface area contributed by atoms with Crippen molar-refractivity contribution in [3.8, 4) is 0 Å². The van der Waals surface area contributed by atoms with Crippen LogP contribution in [0.3, 0.4) is 0 Å². The highest BCUT2D eigenvalue weighted by atomic mass is 16.4. The SMILES string of the molecule is O=c1[nH]c2cc(NC3CCNC3)ccc2o1. The normalized spacial score (nSPS) is 20.4. The second kappa shape index (κ2) is 3.68. The molecule has 0 amide bonds. The van der Waals surface area contributed by atoms with Gasteiger partial charge in [-0.05, 0) is 31.2 Å². The molecule has 1 aromatic heterocycles. The first-order valence-corrected chi connectivity index (χ1v) is 5.41. The van der Waals surface area contributed by atoms with E-state index in [4.69, 9.17) is 4.42 Å². The summed E-state index contributed by atoms with van der Waals surface area (Å²) in [6.45, 7) is 2.04. The summed E-state index contributed by atoms with van der Waals surface area (Å²) in [4.78, 5) is 13.6. The molecule has 1 saturated heterocycles. The average Bonchev–Trinajstić information content (AvgIpc) is 2.85. The van der Waals surface area contributed by atoms with Crippen molar-refractivity contribution in [1.29, 1.82) is 0 Å². The van der Waals surface area contributed by atoms with Crippen molar-refractivity contribution in [3.05, 3.63) is 28.7 Å². The molecule has 2 aromatic rings. The minimum absolute atomic E-state index is 0.408. The molecule has 1 aliphatic rings. The highest BCUT2D eigenvalue weighted by molar-refractivity contribution is 5.76. The fourth-order valence-electron chi connectivity index (χ4n) is 2.06. The topological polar surface area (TPSA) is 70.1 Å². The van der Waals surface area contributed by atoms with Crippen molar-refractivity contribution in [2.75, 3.05) is 18.4 Å². The van der Waals surface area contributed by atoms with Gasteiger partial charge >= 0.3 is 5.76 Å². The summed E-state index contributed by atoms with van der Waals surface area (Å²) in [5.74, 6) is -0.408. The Labute approximate surface area is 91.8 Å². The number of H-pyrrole nitrogens is 1. The zero-order chi connectivity index (χ0) is 11.0. The van der Waals surface area contributed by atoms with E-state index in [1.807, 2.05) is 12.1 Å². The van der Waals surface area contributed by atoms with E-state index >= 15 is 0 Å². The lowest BCUT2D eigenvalue weighted by Gasteiger charge is -2.12. The predicted octanol–water partition coefficient (Wildman–Crippen LogP) is 0.895. The number of hydrogen-bond donors (Lipinski definition) is 3. The van der Waals surface area contributed by atoms with Gasteiger partial charge in [0.15, 0.2) is 5.58 Å². The van der Waals surface area contributed by atoms with Crippen LogP contribution in [-0.4, -0.2) is 24.1 Å². The van der Waals surface area contributed by atoms with Gasteiger partial charge < -0.3 is 15.1 Å². The average molecular weight is 219 g/mol. The van der Waals surface area contributed by atoms with Gasteiger partial charge in [-0.3, -0.25) is 4.98 Å². The summed E-state index contributed by atoms with van der Waals surface area (Å²) in [5, 5.41) is 6.71. The van der Waals surface area contributed by atoms with E-state index in [0.717, 1.165) is 30.7 Å². The number of hydrogen-bond acceptors (Lipinski definition) is 4. The van der Waals surface area contributed by atoms with Crippen molar-refractivity contribution in [1.82, 2.24) is 10.3 Å². The van der Waals surface area contributed by atoms with Gasteiger partial charge in [-0.15, -0.1) is 0 Å². The van der Waals surface area contributed by atoms with Gasteiger partial charge in [0.25, 0.3) is 0 Å². The number of nitrogens with one attached hydrogen (secondary N) is 3. The number of oxazole rings is 1. The molecule has 16 heavy (non-hydrogen) atoms. The molecule has 3 N–H and O–H groups in total. The molecule has 5 nitrogen and oxygen atoms in total. The molecule has 0 saturated carbocycles. The highest BCUT2D eigenvalue weighted by Gasteiger charge is 2.14. The van der Waals surface area contributed by atoms with Gasteiger partial charge in [0.05, 0.1) is 5.52 Å². The van der Waals surface area contributed by atoms with Crippen LogP contribution >= 0.6 is 0 Å². The summed E-state index contributed by atoms with van der Waals surface area (Å²) in [6.07, 6.45) is 1.12. The Morgan fingerprint density at radius 3 is 3.19 bits per heavy atom. The number of benzene rings is 1. The molecule has 0 radical (unpaired) electrons. The Kier molecular flexibility index (Phi) is 2.18. The van der Waals surface area contributed by atoms with Gasteiger partial charge in [-0.1, -0.05) is 0 Å². The maximum absolute atomic E-state index is 11.0. The molecule has 2 heterocycles. The molecule has 84 valence electrons. The second-order valence-electron chi connectivity index (χ2n) is 4.06. The van der Waals surface area contributed by atoms with Crippen molar-refractivity contribution >= 4 is 16.8 Å². The zero-order valence-electron chi connectivity index (χ0n) is 8.75. The molecule has 5 heteroatoms. The largest absolute Gasteiger partial charge is 0.417 e.